The van der Waals surface area contributed by atoms with Crippen molar-refractivity contribution in [3.63, 3.8) is 0 Å². The minimum atomic E-state index is -4.63. The van der Waals surface area contributed by atoms with Gasteiger partial charge in [0.2, 0.25) is 5.82 Å². The van der Waals surface area contributed by atoms with Crippen molar-refractivity contribution in [2.24, 2.45) is 0 Å². The van der Waals surface area contributed by atoms with Crippen LogP contribution in [0.2, 0.25) is 0 Å². The Morgan fingerprint density at radius 1 is 1.29 bits per heavy atom. The molecule has 0 fully saturated rings. The van der Waals surface area contributed by atoms with Gasteiger partial charge in [-0.2, -0.15) is 13.2 Å². The van der Waals surface area contributed by atoms with Gasteiger partial charge < -0.3 is 9.30 Å². The molecule has 1 aromatic carbocycles. The molecule has 0 amide bonds. The maximum Gasteiger partial charge on any atom is 0.449 e. The van der Waals surface area contributed by atoms with E-state index in [1.54, 1.807) is 0 Å². The van der Waals surface area contributed by atoms with Crippen molar-refractivity contribution >= 4 is 11.0 Å². The van der Waals surface area contributed by atoms with E-state index in [1.165, 1.54) is 31.5 Å². The van der Waals surface area contributed by atoms with E-state index in [4.69, 9.17) is 4.74 Å². The highest BCUT2D eigenvalue weighted by molar-refractivity contribution is 5.90. The minimum Gasteiger partial charge on any atom is -0.383 e. The zero-order valence-corrected chi connectivity index (χ0v) is 12.6. The molecule has 0 unspecified atom stereocenters. The molecule has 0 saturated heterocycles. The molecule has 0 aliphatic rings. The van der Waals surface area contributed by atoms with Crippen LogP contribution in [0, 0.1) is 11.9 Å². The van der Waals surface area contributed by atoms with Crippen LogP contribution in [0.4, 0.5) is 17.6 Å². The average Bonchev–Trinajstić information content (AvgIpc) is 2.91. The Hall–Kier alpha value is -2.48. The van der Waals surface area contributed by atoms with E-state index < -0.39 is 17.8 Å². The highest BCUT2D eigenvalue weighted by Gasteiger charge is 2.38. The first-order valence-electron chi connectivity index (χ1n) is 7.01. The molecule has 3 aromatic rings. The number of fused-ring (bicyclic) bond motifs is 1. The molecule has 4 nitrogen and oxygen atoms in total. The van der Waals surface area contributed by atoms with E-state index in [-0.39, 0.29) is 29.9 Å². The first kappa shape index (κ1) is 16.4. The van der Waals surface area contributed by atoms with Crippen molar-refractivity contribution in [2.75, 3.05) is 13.7 Å². The van der Waals surface area contributed by atoms with E-state index in [0.717, 1.165) is 10.6 Å². The number of pyridine rings is 1. The number of aromatic nitrogens is 3. The van der Waals surface area contributed by atoms with Crippen LogP contribution < -0.4 is 0 Å². The van der Waals surface area contributed by atoms with Gasteiger partial charge in [0.1, 0.15) is 11.3 Å². The molecule has 3 rings (SSSR count). The van der Waals surface area contributed by atoms with Crippen LogP contribution in [-0.2, 0) is 17.5 Å². The molecule has 0 aliphatic heterocycles. The lowest BCUT2D eigenvalue weighted by atomic mass is 10.1. The second-order valence-corrected chi connectivity index (χ2v) is 5.03. The summed E-state index contributed by atoms with van der Waals surface area (Å²) in [5.41, 5.74) is 0.841. The molecule has 0 saturated carbocycles. The van der Waals surface area contributed by atoms with Crippen molar-refractivity contribution in [1.29, 1.82) is 0 Å². The number of rotatable bonds is 4. The first-order chi connectivity index (χ1) is 11.4. The number of benzene rings is 1. The van der Waals surface area contributed by atoms with Gasteiger partial charge in [-0.1, -0.05) is 12.1 Å². The topological polar surface area (TPSA) is 39.9 Å². The van der Waals surface area contributed by atoms with Crippen LogP contribution in [-0.4, -0.2) is 28.3 Å². The minimum absolute atomic E-state index is 0.0117. The predicted molar refractivity (Wildman–Crippen MR) is 78.6 cm³/mol. The predicted octanol–water partition coefficient (Wildman–Crippen LogP) is 3.70. The molecule has 2 aromatic heterocycles. The highest BCUT2D eigenvalue weighted by Crippen LogP contribution is 2.34. The summed E-state index contributed by atoms with van der Waals surface area (Å²) in [6.07, 6.45) is -3.25. The summed E-state index contributed by atoms with van der Waals surface area (Å²) in [4.78, 5) is 7.81. The van der Waals surface area contributed by atoms with Crippen LogP contribution in [0.3, 0.4) is 0 Å². The number of alkyl halides is 3. The van der Waals surface area contributed by atoms with Gasteiger partial charge in [0.25, 0.3) is 0 Å². The molecule has 0 atom stereocenters. The molecular weight excluding hydrogens is 326 g/mol. The van der Waals surface area contributed by atoms with Crippen molar-refractivity contribution in [3.8, 4) is 11.3 Å². The average molecular weight is 338 g/mol. The lowest BCUT2D eigenvalue weighted by Crippen LogP contribution is -2.16. The first-order valence-corrected chi connectivity index (χ1v) is 7.01. The second-order valence-electron chi connectivity index (χ2n) is 5.03. The Bertz CT molecular complexity index is 873. The van der Waals surface area contributed by atoms with Crippen molar-refractivity contribution in [2.45, 2.75) is 12.7 Å². The summed E-state index contributed by atoms with van der Waals surface area (Å²) < 4.78 is 59.2. The van der Waals surface area contributed by atoms with E-state index >= 15 is 0 Å². The third kappa shape index (κ3) is 2.96. The smallest absolute Gasteiger partial charge is 0.383 e. The fourth-order valence-electron chi connectivity index (χ4n) is 2.47. The fraction of sp³-hybridized carbons (Fsp3) is 0.250. The summed E-state index contributed by atoms with van der Waals surface area (Å²) in [5.74, 6) is -1.66. The monoisotopic (exact) mass is 338 g/mol. The molecule has 125 valence electrons. The number of imidazole rings is 1. The Balaban J connectivity index is 2.25. The molecular formula is C16H12F4N3O. The van der Waals surface area contributed by atoms with Crippen LogP contribution in [0.25, 0.3) is 22.3 Å². The molecule has 0 spiro atoms. The Morgan fingerprint density at radius 2 is 2.08 bits per heavy atom. The molecule has 24 heavy (non-hydrogen) atoms. The Morgan fingerprint density at radius 3 is 2.75 bits per heavy atom. The van der Waals surface area contributed by atoms with Gasteiger partial charge in [-0.15, -0.1) is 0 Å². The van der Waals surface area contributed by atoms with Gasteiger partial charge in [0, 0.05) is 31.5 Å². The van der Waals surface area contributed by atoms with Crippen molar-refractivity contribution < 1.29 is 22.3 Å². The molecule has 2 heterocycles. The van der Waals surface area contributed by atoms with Gasteiger partial charge >= 0.3 is 6.18 Å². The zero-order valence-electron chi connectivity index (χ0n) is 12.6. The third-order valence-corrected chi connectivity index (χ3v) is 3.48. The van der Waals surface area contributed by atoms with Crippen molar-refractivity contribution in [3.05, 3.63) is 48.2 Å². The van der Waals surface area contributed by atoms with Crippen molar-refractivity contribution in [1.82, 2.24) is 14.5 Å². The number of hydrogen-bond acceptors (Lipinski definition) is 3. The Labute approximate surface area is 134 Å². The van der Waals surface area contributed by atoms with Crippen LogP contribution >= 0.6 is 0 Å². The zero-order chi connectivity index (χ0) is 17.3. The van der Waals surface area contributed by atoms with E-state index in [9.17, 15) is 17.6 Å². The van der Waals surface area contributed by atoms with Gasteiger partial charge in [-0.3, -0.25) is 4.98 Å². The molecule has 0 N–H and O–H groups in total. The third-order valence-electron chi connectivity index (χ3n) is 3.48. The van der Waals surface area contributed by atoms with Gasteiger partial charge in [-0.25, -0.2) is 9.37 Å². The molecule has 1 radical (unpaired) electrons. The standard InChI is InChI=1S/C16H12F4N3O/c1-24-8-7-23-12-5-6-21-13(10-3-2-4-11(17)9-10)14(12)22-15(23)16(18,19)20/h2-3,5-6,9H,7-8H2,1H3. The summed E-state index contributed by atoms with van der Waals surface area (Å²) >= 11 is 0. The number of nitrogens with zero attached hydrogens (tertiary/aromatic N) is 3. The quantitative estimate of drug-likeness (QED) is 0.681. The highest BCUT2D eigenvalue weighted by atomic mass is 19.4. The maximum absolute atomic E-state index is 13.4. The van der Waals surface area contributed by atoms with Crippen LogP contribution in [0.5, 0.6) is 0 Å². The van der Waals surface area contributed by atoms with Gasteiger partial charge in [0.15, 0.2) is 0 Å². The van der Waals surface area contributed by atoms with Crippen LogP contribution in [0.15, 0.2) is 30.5 Å². The molecule has 0 aliphatic carbocycles. The SMILES string of the molecule is COCCn1c(C(F)(F)F)nc2c(-c3cc[c]c(F)c3)nccc21. The number of halogens is 4. The molecule has 0 bridgehead atoms. The largest absolute Gasteiger partial charge is 0.449 e. The number of methoxy groups -OCH3 is 1. The maximum atomic E-state index is 13.4. The lowest BCUT2D eigenvalue weighted by molar-refractivity contribution is -0.147. The van der Waals surface area contributed by atoms with Gasteiger partial charge in [0.05, 0.1) is 17.8 Å². The fourth-order valence-corrected chi connectivity index (χ4v) is 2.47. The van der Waals surface area contributed by atoms with E-state index in [2.05, 4.69) is 16.0 Å². The number of ether oxygens (including phenoxy) is 1. The van der Waals surface area contributed by atoms with E-state index in [0.29, 0.717) is 5.56 Å². The lowest BCUT2D eigenvalue weighted by Gasteiger charge is -2.10. The second kappa shape index (κ2) is 6.20. The van der Waals surface area contributed by atoms with E-state index in [1.807, 2.05) is 0 Å². The van der Waals surface area contributed by atoms with Gasteiger partial charge in [-0.05, 0) is 12.1 Å². The summed E-state index contributed by atoms with van der Waals surface area (Å²) in [7, 11) is 1.41. The molecule has 8 heteroatoms. The Kier molecular flexibility index (Phi) is 4.23. The number of hydrogen-bond donors (Lipinski definition) is 0. The van der Waals surface area contributed by atoms with Crippen LogP contribution in [0.1, 0.15) is 5.82 Å². The summed E-state index contributed by atoms with van der Waals surface area (Å²) in [5, 5.41) is 0. The summed E-state index contributed by atoms with van der Waals surface area (Å²) in [6.45, 7) is 0.0867. The summed E-state index contributed by atoms with van der Waals surface area (Å²) in [6, 6.07) is 7.81. The normalized spacial score (nSPS) is 12.0.